The third-order valence-corrected chi connectivity index (χ3v) is 4.79. The minimum atomic E-state index is -0.534. The maximum atomic E-state index is 13.6. The summed E-state index contributed by atoms with van der Waals surface area (Å²) in [5.41, 5.74) is 0.567. The maximum absolute atomic E-state index is 13.6. The summed E-state index contributed by atoms with van der Waals surface area (Å²) in [7, 11) is 4.64. The number of carbonyl (C=O) groups excluding carboxylic acids is 1. The van der Waals surface area contributed by atoms with E-state index in [1.807, 2.05) is 45.0 Å². The van der Waals surface area contributed by atoms with Gasteiger partial charge < -0.3 is 23.6 Å². The summed E-state index contributed by atoms with van der Waals surface area (Å²) in [6, 6.07) is 12.6. The summed E-state index contributed by atoms with van der Waals surface area (Å²) in [4.78, 5) is 19.7. The number of ether oxygens (including phenoxy) is 3. The first-order valence-corrected chi connectivity index (χ1v) is 9.78. The number of hydrogen-bond donors (Lipinski definition) is 0. The van der Waals surface area contributed by atoms with Gasteiger partial charge in [-0.3, -0.25) is 4.79 Å². The van der Waals surface area contributed by atoms with Gasteiger partial charge in [-0.15, -0.1) is 0 Å². The molecular formula is C23H27N3O5. The molecule has 3 aromatic rings. The Hall–Kier alpha value is -3.55. The molecule has 31 heavy (non-hydrogen) atoms. The van der Waals surface area contributed by atoms with Gasteiger partial charge in [0.1, 0.15) is 29.4 Å². The molecule has 0 aliphatic rings. The van der Waals surface area contributed by atoms with Crippen molar-refractivity contribution in [3.8, 4) is 28.6 Å². The molecule has 0 spiro atoms. The van der Waals surface area contributed by atoms with Crippen molar-refractivity contribution in [1.82, 2.24) is 15.0 Å². The zero-order valence-electron chi connectivity index (χ0n) is 18.6. The highest BCUT2D eigenvalue weighted by atomic mass is 16.5. The Labute approximate surface area is 181 Å². The Bertz CT molecular complexity index is 1030. The third-order valence-electron chi connectivity index (χ3n) is 4.79. The second-order valence-electron chi connectivity index (χ2n) is 7.84. The van der Waals surface area contributed by atoms with Crippen molar-refractivity contribution < 1.29 is 23.5 Å². The summed E-state index contributed by atoms with van der Waals surface area (Å²) in [6.07, 6.45) is 0. The van der Waals surface area contributed by atoms with Crippen molar-refractivity contribution >= 4 is 5.91 Å². The van der Waals surface area contributed by atoms with Gasteiger partial charge in [0.2, 0.25) is 11.7 Å². The third kappa shape index (κ3) is 4.79. The molecule has 0 radical (unpaired) electrons. The van der Waals surface area contributed by atoms with E-state index >= 15 is 0 Å². The monoisotopic (exact) mass is 425 g/mol. The Morgan fingerprint density at radius 3 is 2.23 bits per heavy atom. The lowest BCUT2D eigenvalue weighted by Gasteiger charge is -2.35. The molecule has 0 unspecified atom stereocenters. The zero-order chi connectivity index (χ0) is 22.6. The number of nitrogens with zero attached hydrogens (tertiary/aromatic N) is 3. The van der Waals surface area contributed by atoms with Gasteiger partial charge in [-0.05, 0) is 45.0 Å². The van der Waals surface area contributed by atoms with Crippen molar-refractivity contribution in [2.24, 2.45) is 0 Å². The van der Waals surface area contributed by atoms with Crippen LogP contribution in [-0.2, 0) is 6.54 Å². The fourth-order valence-corrected chi connectivity index (χ4v) is 3.14. The predicted molar refractivity (Wildman–Crippen MR) is 115 cm³/mol. The van der Waals surface area contributed by atoms with Gasteiger partial charge in [0.25, 0.3) is 5.91 Å². The average molecular weight is 425 g/mol. The molecule has 0 aliphatic carbocycles. The molecule has 8 heteroatoms. The highest BCUT2D eigenvalue weighted by molar-refractivity contribution is 6.00. The van der Waals surface area contributed by atoms with Crippen LogP contribution in [0.15, 0.2) is 47.0 Å². The zero-order valence-corrected chi connectivity index (χ0v) is 18.6. The second kappa shape index (κ2) is 9.07. The first-order valence-electron chi connectivity index (χ1n) is 9.78. The van der Waals surface area contributed by atoms with Crippen LogP contribution in [0.1, 0.15) is 37.0 Å². The number of amides is 1. The van der Waals surface area contributed by atoms with Crippen molar-refractivity contribution in [3.05, 3.63) is 53.9 Å². The molecule has 0 atom stereocenters. The van der Waals surface area contributed by atoms with E-state index < -0.39 is 5.54 Å². The Kier molecular flexibility index (Phi) is 6.48. The van der Waals surface area contributed by atoms with Gasteiger partial charge in [0, 0.05) is 11.1 Å². The lowest BCUT2D eigenvalue weighted by Crippen LogP contribution is -2.45. The van der Waals surface area contributed by atoms with Gasteiger partial charge in [-0.2, -0.15) is 4.98 Å². The molecule has 2 aromatic carbocycles. The Morgan fingerprint density at radius 1 is 1.00 bits per heavy atom. The minimum absolute atomic E-state index is 0.126. The van der Waals surface area contributed by atoms with E-state index in [2.05, 4.69) is 10.1 Å². The summed E-state index contributed by atoms with van der Waals surface area (Å²) in [5, 5.41) is 4.07. The van der Waals surface area contributed by atoms with Crippen LogP contribution in [-0.4, -0.2) is 47.8 Å². The molecule has 0 saturated heterocycles. The van der Waals surface area contributed by atoms with E-state index in [1.54, 1.807) is 30.2 Å². The quantitative estimate of drug-likeness (QED) is 0.560. The molecule has 3 rings (SSSR count). The van der Waals surface area contributed by atoms with Crippen LogP contribution < -0.4 is 14.2 Å². The van der Waals surface area contributed by atoms with E-state index in [1.165, 1.54) is 14.2 Å². The lowest BCUT2D eigenvalue weighted by atomic mass is 10.0. The Balaban J connectivity index is 1.94. The number of hydrogen-bond acceptors (Lipinski definition) is 7. The smallest absolute Gasteiger partial charge is 0.262 e. The molecule has 0 aliphatic heterocycles. The topological polar surface area (TPSA) is 86.9 Å². The van der Waals surface area contributed by atoms with Crippen LogP contribution in [0.4, 0.5) is 0 Å². The molecule has 1 amide bonds. The molecule has 1 heterocycles. The van der Waals surface area contributed by atoms with Crippen LogP contribution in [0.3, 0.4) is 0 Å². The van der Waals surface area contributed by atoms with E-state index in [0.717, 1.165) is 5.56 Å². The number of methoxy groups -OCH3 is 3. The van der Waals surface area contributed by atoms with Crippen LogP contribution in [0.25, 0.3) is 11.4 Å². The standard InChI is InChI=1S/C23H27N3O5/c1-23(2,3)26(22(27)20-17(29-5)11-8-12-18(20)30-6)14-19-24-21(25-31-19)15-9-7-10-16(13-15)28-4/h7-13H,14H2,1-6H3. The second-order valence-corrected chi connectivity index (χ2v) is 7.84. The van der Waals surface area contributed by atoms with E-state index in [4.69, 9.17) is 18.7 Å². The van der Waals surface area contributed by atoms with Crippen molar-refractivity contribution in [2.45, 2.75) is 32.9 Å². The molecule has 164 valence electrons. The summed E-state index contributed by atoms with van der Waals surface area (Å²) in [5.74, 6) is 2.03. The normalized spacial score (nSPS) is 11.2. The predicted octanol–water partition coefficient (Wildman–Crippen LogP) is 4.20. The van der Waals surface area contributed by atoms with E-state index in [0.29, 0.717) is 34.5 Å². The number of carbonyl (C=O) groups is 1. The van der Waals surface area contributed by atoms with Crippen LogP contribution in [0, 0.1) is 0 Å². The first-order chi connectivity index (χ1) is 14.8. The number of rotatable bonds is 7. The summed E-state index contributed by atoms with van der Waals surface area (Å²) < 4.78 is 21.5. The maximum Gasteiger partial charge on any atom is 0.262 e. The van der Waals surface area contributed by atoms with Gasteiger partial charge in [0.05, 0.1) is 21.3 Å². The molecule has 1 aromatic heterocycles. The molecule has 8 nitrogen and oxygen atoms in total. The van der Waals surface area contributed by atoms with E-state index in [9.17, 15) is 4.79 Å². The molecular weight excluding hydrogens is 398 g/mol. The van der Waals surface area contributed by atoms with Crippen LogP contribution >= 0.6 is 0 Å². The van der Waals surface area contributed by atoms with Gasteiger partial charge in [0.15, 0.2) is 0 Å². The van der Waals surface area contributed by atoms with Crippen molar-refractivity contribution in [3.63, 3.8) is 0 Å². The number of aromatic nitrogens is 2. The average Bonchev–Trinajstić information content (AvgIpc) is 3.24. The fourth-order valence-electron chi connectivity index (χ4n) is 3.14. The van der Waals surface area contributed by atoms with Crippen molar-refractivity contribution in [1.29, 1.82) is 0 Å². The highest BCUT2D eigenvalue weighted by Crippen LogP contribution is 2.32. The molecule has 0 fully saturated rings. The van der Waals surface area contributed by atoms with E-state index in [-0.39, 0.29) is 12.5 Å². The fraction of sp³-hybridized carbons (Fsp3) is 0.348. The van der Waals surface area contributed by atoms with Crippen molar-refractivity contribution in [2.75, 3.05) is 21.3 Å². The van der Waals surface area contributed by atoms with Gasteiger partial charge in [-0.1, -0.05) is 23.4 Å². The highest BCUT2D eigenvalue weighted by Gasteiger charge is 2.33. The lowest BCUT2D eigenvalue weighted by molar-refractivity contribution is 0.0519. The van der Waals surface area contributed by atoms with Gasteiger partial charge >= 0.3 is 0 Å². The summed E-state index contributed by atoms with van der Waals surface area (Å²) in [6.45, 7) is 5.94. The first kappa shape index (κ1) is 22.1. The van der Waals surface area contributed by atoms with Crippen LogP contribution in [0.5, 0.6) is 17.2 Å². The molecule has 0 saturated carbocycles. The Morgan fingerprint density at radius 2 is 1.65 bits per heavy atom. The minimum Gasteiger partial charge on any atom is -0.497 e. The largest absolute Gasteiger partial charge is 0.497 e. The molecule has 0 bridgehead atoms. The number of benzene rings is 2. The van der Waals surface area contributed by atoms with Gasteiger partial charge in [-0.25, -0.2) is 0 Å². The SMILES string of the molecule is COc1cccc(-c2noc(CN(C(=O)c3c(OC)cccc3OC)C(C)(C)C)n2)c1. The molecule has 0 N–H and O–H groups in total. The van der Waals surface area contributed by atoms with Crippen LogP contribution in [0.2, 0.25) is 0 Å². The summed E-state index contributed by atoms with van der Waals surface area (Å²) >= 11 is 0.